The molecule has 0 amide bonds. The van der Waals surface area contributed by atoms with Crippen LogP contribution in [-0.4, -0.2) is 24.3 Å². The number of carbonyl (C=O) groups excluding carboxylic acids is 1. The SMILES string of the molecule is Cc1c(-c2ccccc2)oc2c(C(=O)OCC(CO)c3ccccc3)cccc2c1=O. The average Bonchev–Trinajstić information content (AvgIpc) is 2.82. The van der Waals surface area contributed by atoms with Gasteiger partial charge in [-0.25, -0.2) is 4.79 Å². The van der Waals surface area contributed by atoms with Gasteiger partial charge in [0.05, 0.1) is 12.0 Å². The van der Waals surface area contributed by atoms with Gasteiger partial charge in [0.2, 0.25) is 0 Å². The fourth-order valence-electron chi connectivity index (χ4n) is 3.57. The molecule has 1 atom stereocenters. The number of fused-ring (bicyclic) bond motifs is 1. The maximum atomic E-state index is 12.9. The monoisotopic (exact) mass is 414 g/mol. The molecule has 0 aliphatic carbocycles. The summed E-state index contributed by atoms with van der Waals surface area (Å²) in [4.78, 5) is 25.8. The van der Waals surface area contributed by atoms with Gasteiger partial charge in [-0.15, -0.1) is 0 Å². The van der Waals surface area contributed by atoms with Crippen LogP contribution >= 0.6 is 0 Å². The first-order valence-corrected chi connectivity index (χ1v) is 10.0. The van der Waals surface area contributed by atoms with Crippen molar-refractivity contribution in [1.29, 1.82) is 0 Å². The lowest BCUT2D eigenvalue weighted by Gasteiger charge is -2.15. The molecule has 0 fully saturated rings. The number of aliphatic hydroxyl groups excluding tert-OH is 1. The number of para-hydroxylation sites is 1. The molecular formula is C26H22O5. The Bertz CT molecular complexity index is 1260. The molecule has 1 aromatic heterocycles. The molecule has 0 spiro atoms. The van der Waals surface area contributed by atoms with Crippen LogP contribution in [-0.2, 0) is 4.74 Å². The summed E-state index contributed by atoms with van der Waals surface area (Å²) in [6.45, 7) is 1.57. The number of ether oxygens (including phenoxy) is 1. The second-order valence-corrected chi connectivity index (χ2v) is 7.32. The quantitative estimate of drug-likeness (QED) is 0.463. The predicted octanol–water partition coefficient (Wildman–Crippen LogP) is 4.70. The van der Waals surface area contributed by atoms with E-state index >= 15 is 0 Å². The Morgan fingerprint density at radius 3 is 2.32 bits per heavy atom. The minimum Gasteiger partial charge on any atom is -0.461 e. The first-order chi connectivity index (χ1) is 15.1. The molecular weight excluding hydrogens is 392 g/mol. The fraction of sp³-hybridized carbons (Fsp3) is 0.154. The van der Waals surface area contributed by atoms with Gasteiger partial charge in [0.25, 0.3) is 0 Å². The number of rotatable bonds is 6. The van der Waals surface area contributed by atoms with Gasteiger partial charge in [-0.3, -0.25) is 4.79 Å². The van der Waals surface area contributed by atoms with Crippen molar-refractivity contribution < 1.29 is 19.1 Å². The number of benzene rings is 3. The highest BCUT2D eigenvalue weighted by molar-refractivity contribution is 6.02. The molecule has 0 radical (unpaired) electrons. The average molecular weight is 414 g/mol. The molecule has 1 N–H and O–H groups in total. The summed E-state index contributed by atoms with van der Waals surface area (Å²) in [5.41, 5.74) is 2.30. The van der Waals surface area contributed by atoms with E-state index in [-0.39, 0.29) is 35.7 Å². The first-order valence-electron chi connectivity index (χ1n) is 10.0. The van der Waals surface area contributed by atoms with E-state index in [4.69, 9.17) is 9.15 Å². The Labute approximate surface area is 179 Å². The highest BCUT2D eigenvalue weighted by Crippen LogP contribution is 2.28. The summed E-state index contributed by atoms with van der Waals surface area (Å²) in [6, 6.07) is 23.5. The van der Waals surface area contributed by atoms with E-state index in [0.29, 0.717) is 16.7 Å². The molecule has 156 valence electrons. The lowest BCUT2D eigenvalue weighted by molar-refractivity contribution is 0.0451. The van der Waals surface area contributed by atoms with Gasteiger partial charge in [-0.2, -0.15) is 0 Å². The summed E-state index contributed by atoms with van der Waals surface area (Å²) in [6.07, 6.45) is 0. The second kappa shape index (κ2) is 8.98. The fourth-order valence-corrected chi connectivity index (χ4v) is 3.57. The third-order valence-electron chi connectivity index (χ3n) is 5.31. The van der Waals surface area contributed by atoms with Crippen LogP contribution in [0, 0.1) is 6.92 Å². The Morgan fingerprint density at radius 1 is 0.968 bits per heavy atom. The number of hydrogen-bond donors (Lipinski definition) is 1. The Morgan fingerprint density at radius 2 is 1.65 bits per heavy atom. The van der Waals surface area contributed by atoms with E-state index in [1.807, 2.05) is 60.7 Å². The lowest BCUT2D eigenvalue weighted by Crippen LogP contribution is -2.17. The summed E-state index contributed by atoms with van der Waals surface area (Å²) in [5.74, 6) is -0.517. The molecule has 31 heavy (non-hydrogen) atoms. The van der Waals surface area contributed by atoms with Gasteiger partial charge in [-0.05, 0) is 24.6 Å². The van der Waals surface area contributed by atoms with Crippen molar-refractivity contribution in [2.75, 3.05) is 13.2 Å². The van der Waals surface area contributed by atoms with Gasteiger partial charge >= 0.3 is 5.97 Å². The molecule has 0 saturated heterocycles. The molecule has 5 heteroatoms. The smallest absolute Gasteiger partial charge is 0.341 e. The third kappa shape index (κ3) is 4.13. The minimum atomic E-state index is -0.606. The van der Waals surface area contributed by atoms with Crippen LogP contribution in [0.5, 0.6) is 0 Å². The third-order valence-corrected chi connectivity index (χ3v) is 5.31. The predicted molar refractivity (Wildman–Crippen MR) is 119 cm³/mol. The van der Waals surface area contributed by atoms with E-state index in [2.05, 4.69) is 0 Å². The summed E-state index contributed by atoms with van der Waals surface area (Å²) in [5, 5.41) is 10.0. The molecule has 3 aromatic carbocycles. The molecule has 5 nitrogen and oxygen atoms in total. The van der Waals surface area contributed by atoms with Crippen LogP contribution in [0.2, 0.25) is 0 Å². The van der Waals surface area contributed by atoms with Crippen LogP contribution in [0.15, 0.2) is 88.1 Å². The van der Waals surface area contributed by atoms with Crippen LogP contribution in [0.4, 0.5) is 0 Å². The van der Waals surface area contributed by atoms with Gasteiger partial charge in [-0.1, -0.05) is 66.7 Å². The summed E-state index contributed by atoms with van der Waals surface area (Å²) < 4.78 is 11.6. The summed E-state index contributed by atoms with van der Waals surface area (Å²) >= 11 is 0. The van der Waals surface area contributed by atoms with Crippen molar-refractivity contribution >= 4 is 16.9 Å². The second-order valence-electron chi connectivity index (χ2n) is 7.32. The Kier molecular flexibility index (Phi) is 5.96. The van der Waals surface area contributed by atoms with Gasteiger partial charge in [0.15, 0.2) is 11.0 Å². The van der Waals surface area contributed by atoms with Crippen molar-refractivity contribution in [3.8, 4) is 11.3 Å². The largest absolute Gasteiger partial charge is 0.461 e. The molecule has 1 heterocycles. The standard InChI is InChI=1S/C26H22O5/c1-17-23(28)21-13-8-14-22(25(21)31-24(17)19-11-6-3-7-12-19)26(29)30-16-20(15-27)18-9-4-2-5-10-18/h2-14,20,27H,15-16H2,1H3. The maximum absolute atomic E-state index is 12.9. The highest BCUT2D eigenvalue weighted by atomic mass is 16.5. The number of aliphatic hydroxyl groups is 1. The van der Waals surface area contributed by atoms with Crippen molar-refractivity contribution in [3.63, 3.8) is 0 Å². The van der Waals surface area contributed by atoms with Crippen LogP contribution in [0.3, 0.4) is 0 Å². The van der Waals surface area contributed by atoms with Gasteiger partial charge in [0, 0.05) is 17.0 Å². The Balaban J connectivity index is 1.70. The molecule has 0 saturated carbocycles. The number of carbonyl (C=O) groups is 1. The normalized spacial score (nSPS) is 11.9. The number of esters is 1. The van der Waals surface area contributed by atoms with E-state index in [9.17, 15) is 14.7 Å². The molecule has 0 aliphatic heterocycles. The zero-order valence-electron chi connectivity index (χ0n) is 17.1. The zero-order valence-corrected chi connectivity index (χ0v) is 17.1. The lowest BCUT2D eigenvalue weighted by atomic mass is 10.0. The van der Waals surface area contributed by atoms with Crippen molar-refractivity contribution in [3.05, 3.63) is 106 Å². The zero-order chi connectivity index (χ0) is 21.8. The van der Waals surface area contributed by atoms with E-state index < -0.39 is 5.97 Å². The number of hydrogen-bond acceptors (Lipinski definition) is 5. The maximum Gasteiger partial charge on any atom is 0.341 e. The van der Waals surface area contributed by atoms with Crippen molar-refractivity contribution in [2.45, 2.75) is 12.8 Å². The van der Waals surface area contributed by atoms with Gasteiger partial charge < -0.3 is 14.3 Å². The van der Waals surface area contributed by atoms with E-state index in [1.54, 1.807) is 25.1 Å². The van der Waals surface area contributed by atoms with E-state index in [1.165, 1.54) is 0 Å². The molecule has 1 unspecified atom stereocenters. The van der Waals surface area contributed by atoms with Crippen molar-refractivity contribution in [1.82, 2.24) is 0 Å². The van der Waals surface area contributed by atoms with Crippen LogP contribution in [0.25, 0.3) is 22.3 Å². The van der Waals surface area contributed by atoms with Crippen molar-refractivity contribution in [2.24, 2.45) is 0 Å². The van der Waals surface area contributed by atoms with E-state index in [0.717, 1.165) is 11.1 Å². The molecule has 0 bridgehead atoms. The van der Waals surface area contributed by atoms with Crippen LogP contribution in [0.1, 0.15) is 27.4 Å². The topological polar surface area (TPSA) is 76.7 Å². The van der Waals surface area contributed by atoms with Gasteiger partial charge in [0.1, 0.15) is 17.9 Å². The Hall–Kier alpha value is -3.70. The highest BCUT2D eigenvalue weighted by Gasteiger charge is 2.20. The first kappa shape index (κ1) is 20.6. The molecule has 4 aromatic rings. The minimum absolute atomic E-state index is 0.0113. The molecule has 0 aliphatic rings. The summed E-state index contributed by atoms with van der Waals surface area (Å²) in [7, 11) is 0. The molecule has 4 rings (SSSR count). The van der Waals surface area contributed by atoms with Crippen LogP contribution < -0.4 is 5.43 Å².